The number of rotatable bonds is 3. The van der Waals surface area contributed by atoms with Gasteiger partial charge in [-0.05, 0) is 39.0 Å². The summed E-state index contributed by atoms with van der Waals surface area (Å²) in [6.07, 6.45) is -1.39. The molecule has 0 bridgehead atoms. The minimum absolute atomic E-state index is 0.182. The van der Waals surface area contributed by atoms with Crippen LogP contribution in [-0.4, -0.2) is 28.5 Å². The highest BCUT2D eigenvalue weighted by atomic mass is 79.9. The van der Waals surface area contributed by atoms with Gasteiger partial charge >= 0.3 is 6.09 Å². The van der Waals surface area contributed by atoms with Crippen molar-refractivity contribution in [3.05, 3.63) is 64.1 Å². The zero-order valence-electron chi connectivity index (χ0n) is 15.7. The third kappa shape index (κ3) is 3.72. The molecule has 0 radical (unpaired) electrons. The van der Waals surface area contributed by atoms with Gasteiger partial charge in [0, 0.05) is 15.6 Å². The van der Waals surface area contributed by atoms with E-state index in [9.17, 15) is 19.5 Å². The largest absolute Gasteiger partial charge is 0.443 e. The molecular formula is C21H20BrNO5. The van der Waals surface area contributed by atoms with Gasteiger partial charge in [-0.25, -0.2) is 9.69 Å². The van der Waals surface area contributed by atoms with Crippen LogP contribution in [0.4, 0.5) is 10.5 Å². The number of benzene rings is 2. The zero-order chi connectivity index (χ0) is 20.7. The molecule has 2 amide bonds. The van der Waals surface area contributed by atoms with E-state index in [1.165, 1.54) is 12.1 Å². The number of Topliss-reactive ketones (excluding diaryl/α,β-unsaturated/α-hetero) is 1. The van der Waals surface area contributed by atoms with Gasteiger partial charge in [-0.1, -0.05) is 46.3 Å². The maximum atomic E-state index is 13.1. The molecule has 0 aliphatic carbocycles. The zero-order valence-corrected chi connectivity index (χ0v) is 17.3. The van der Waals surface area contributed by atoms with Crippen molar-refractivity contribution in [3.63, 3.8) is 0 Å². The number of hydrogen-bond donors (Lipinski definition) is 1. The summed E-state index contributed by atoms with van der Waals surface area (Å²) in [6, 6.07) is 13.1. The van der Waals surface area contributed by atoms with Crippen LogP contribution in [0.25, 0.3) is 0 Å². The average Bonchev–Trinajstić information content (AvgIpc) is 2.82. The summed E-state index contributed by atoms with van der Waals surface area (Å²) in [5.41, 5.74) is -2.24. The van der Waals surface area contributed by atoms with E-state index >= 15 is 0 Å². The first-order valence-corrected chi connectivity index (χ1v) is 9.50. The van der Waals surface area contributed by atoms with Crippen LogP contribution in [0.15, 0.2) is 53.0 Å². The van der Waals surface area contributed by atoms with Gasteiger partial charge in [0.05, 0.1) is 12.1 Å². The molecule has 146 valence electrons. The summed E-state index contributed by atoms with van der Waals surface area (Å²) < 4.78 is 5.93. The third-order valence-electron chi connectivity index (χ3n) is 4.29. The summed E-state index contributed by atoms with van der Waals surface area (Å²) in [6.45, 7) is 5.04. The molecule has 1 aliphatic heterocycles. The fraction of sp³-hybridized carbons (Fsp3) is 0.286. The van der Waals surface area contributed by atoms with Crippen LogP contribution in [0, 0.1) is 0 Å². The van der Waals surface area contributed by atoms with Gasteiger partial charge in [-0.3, -0.25) is 9.59 Å². The van der Waals surface area contributed by atoms with Gasteiger partial charge in [0.15, 0.2) is 11.4 Å². The predicted molar refractivity (Wildman–Crippen MR) is 107 cm³/mol. The van der Waals surface area contributed by atoms with Crippen LogP contribution in [-0.2, 0) is 15.1 Å². The molecule has 6 nitrogen and oxygen atoms in total. The lowest BCUT2D eigenvalue weighted by molar-refractivity contribution is -0.135. The van der Waals surface area contributed by atoms with Gasteiger partial charge < -0.3 is 9.84 Å². The number of ketones is 1. The number of hydrogen-bond acceptors (Lipinski definition) is 5. The molecule has 0 spiro atoms. The number of aliphatic hydroxyl groups is 1. The number of fused-ring (bicyclic) bond motifs is 1. The number of ether oxygens (including phenoxy) is 1. The van der Waals surface area contributed by atoms with Crippen molar-refractivity contribution >= 4 is 39.4 Å². The molecule has 1 heterocycles. The van der Waals surface area contributed by atoms with Crippen molar-refractivity contribution in [2.75, 3.05) is 4.90 Å². The summed E-state index contributed by atoms with van der Waals surface area (Å²) in [7, 11) is 0. The Kier molecular flexibility index (Phi) is 5.16. The van der Waals surface area contributed by atoms with E-state index in [1.54, 1.807) is 57.2 Å². The molecule has 0 fully saturated rings. The van der Waals surface area contributed by atoms with Gasteiger partial charge in [0.1, 0.15) is 5.60 Å². The van der Waals surface area contributed by atoms with Gasteiger partial charge in [0.2, 0.25) is 0 Å². The third-order valence-corrected chi connectivity index (χ3v) is 4.78. The Labute approximate surface area is 171 Å². The van der Waals surface area contributed by atoms with E-state index in [4.69, 9.17) is 4.74 Å². The van der Waals surface area contributed by atoms with E-state index in [1.807, 2.05) is 0 Å². The topological polar surface area (TPSA) is 83.9 Å². The number of imide groups is 1. The van der Waals surface area contributed by atoms with Crippen LogP contribution >= 0.6 is 15.9 Å². The number of amides is 2. The first kappa shape index (κ1) is 20.2. The Morgan fingerprint density at radius 3 is 2.39 bits per heavy atom. The molecule has 0 saturated carbocycles. The van der Waals surface area contributed by atoms with Gasteiger partial charge in [-0.15, -0.1) is 0 Å². The lowest BCUT2D eigenvalue weighted by atomic mass is 9.88. The number of carbonyl (C=O) groups excluding carboxylic acids is 3. The van der Waals surface area contributed by atoms with Crippen molar-refractivity contribution in [1.82, 2.24) is 0 Å². The average molecular weight is 446 g/mol. The van der Waals surface area contributed by atoms with Crippen molar-refractivity contribution in [2.24, 2.45) is 0 Å². The van der Waals surface area contributed by atoms with Crippen LogP contribution in [0.2, 0.25) is 0 Å². The second-order valence-electron chi connectivity index (χ2n) is 7.61. The van der Waals surface area contributed by atoms with E-state index < -0.39 is 35.4 Å². The molecule has 28 heavy (non-hydrogen) atoms. The van der Waals surface area contributed by atoms with E-state index in [0.29, 0.717) is 10.0 Å². The van der Waals surface area contributed by atoms with Crippen molar-refractivity contribution in [1.29, 1.82) is 0 Å². The molecule has 0 unspecified atom stereocenters. The van der Waals surface area contributed by atoms with Gasteiger partial charge in [0.25, 0.3) is 5.91 Å². The fourth-order valence-corrected chi connectivity index (χ4v) is 3.42. The Bertz CT molecular complexity index is 951. The minimum atomic E-state index is -2.16. The van der Waals surface area contributed by atoms with E-state index in [0.717, 1.165) is 4.90 Å². The normalized spacial score (nSPS) is 18.8. The Morgan fingerprint density at radius 2 is 1.79 bits per heavy atom. The summed E-state index contributed by atoms with van der Waals surface area (Å²) in [5, 5.41) is 11.2. The molecule has 2 aromatic rings. The second kappa shape index (κ2) is 7.14. The molecule has 0 aromatic heterocycles. The van der Waals surface area contributed by atoms with Crippen molar-refractivity contribution in [3.8, 4) is 0 Å². The predicted octanol–water partition coefficient (Wildman–Crippen LogP) is 4.19. The van der Waals surface area contributed by atoms with Crippen LogP contribution < -0.4 is 4.90 Å². The monoisotopic (exact) mass is 445 g/mol. The summed E-state index contributed by atoms with van der Waals surface area (Å²) in [4.78, 5) is 39.2. The Hall–Kier alpha value is -2.51. The molecule has 1 aliphatic rings. The highest BCUT2D eigenvalue weighted by Crippen LogP contribution is 2.44. The fourth-order valence-electron chi connectivity index (χ4n) is 3.06. The highest BCUT2D eigenvalue weighted by molar-refractivity contribution is 9.10. The maximum absolute atomic E-state index is 13.1. The quantitative estimate of drug-likeness (QED) is 0.715. The smallest absolute Gasteiger partial charge is 0.421 e. The molecule has 0 saturated heterocycles. The molecule has 7 heteroatoms. The Balaban J connectivity index is 2.02. The highest BCUT2D eigenvalue weighted by Gasteiger charge is 2.54. The molecular weight excluding hydrogens is 426 g/mol. The lowest BCUT2D eigenvalue weighted by Crippen LogP contribution is -2.46. The SMILES string of the molecule is CC(C)(C)OC(=O)N1C(=O)[C@@](O)(CC(=O)c2ccccc2)c2cc(Br)ccc21. The molecule has 3 rings (SSSR count). The number of halogens is 1. The molecule has 1 N–H and O–H groups in total. The van der Waals surface area contributed by atoms with Crippen LogP contribution in [0.1, 0.15) is 43.1 Å². The van der Waals surface area contributed by atoms with Crippen LogP contribution in [0.5, 0.6) is 0 Å². The molecule has 1 atom stereocenters. The lowest BCUT2D eigenvalue weighted by Gasteiger charge is -2.25. The van der Waals surface area contributed by atoms with Crippen molar-refractivity contribution < 1.29 is 24.2 Å². The Morgan fingerprint density at radius 1 is 1.14 bits per heavy atom. The number of anilines is 1. The van der Waals surface area contributed by atoms with E-state index in [2.05, 4.69) is 15.9 Å². The first-order chi connectivity index (χ1) is 13.0. The standard InChI is InChI=1S/C21H20BrNO5/c1-20(2,3)28-19(26)23-16-10-9-14(22)11-15(16)21(27,18(23)25)12-17(24)13-7-5-4-6-8-13/h4-11,27H,12H2,1-3H3/t21-/m1/s1. The summed E-state index contributed by atoms with van der Waals surface area (Å²) in [5.74, 6) is -1.31. The van der Waals surface area contributed by atoms with Gasteiger partial charge in [-0.2, -0.15) is 0 Å². The van der Waals surface area contributed by atoms with Crippen LogP contribution in [0.3, 0.4) is 0 Å². The maximum Gasteiger partial charge on any atom is 0.421 e. The van der Waals surface area contributed by atoms with Crippen molar-refractivity contribution in [2.45, 2.75) is 38.4 Å². The second-order valence-corrected chi connectivity index (χ2v) is 8.52. The summed E-state index contributed by atoms with van der Waals surface area (Å²) >= 11 is 3.31. The number of carbonyl (C=O) groups is 3. The molecule has 2 aromatic carbocycles. The minimum Gasteiger partial charge on any atom is -0.443 e. The number of nitrogens with zero attached hydrogens (tertiary/aromatic N) is 1. The van der Waals surface area contributed by atoms with E-state index in [-0.39, 0.29) is 11.3 Å². The first-order valence-electron chi connectivity index (χ1n) is 8.71.